The lowest BCUT2D eigenvalue weighted by atomic mass is 9.85. The van der Waals surface area contributed by atoms with Crippen LogP contribution in [0.4, 0.5) is 0 Å². The van der Waals surface area contributed by atoms with Crippen LogP contribution in [0, 0.1) is 0 Å². The molecule has 1 fully saturated rings. The van der Waals surface area contributed by atoms with E-state index in [-0.39, 0.29) is 12.8 Å². The fourth-order valence-electron chi connectivity index (χ4n) is 7.90. The molecule has 6 N–H and O–H groups in total. The van der Waals surface area contributed by atoms with E-state index in [1.165, 1.54) is 135 Å². The van der Waals surface area contributed by atoms with Crippen molar-refractivity contribution >= 4 is 19.8 Å². The Hall–Kier alpha value is -1.67. The summed E-state index contributed by atoms with van der Waals surface area (Å²) >= 11 is 0. The Kier molecular flexibility index (Phi) is 38.1. The summed E-state index contributed by atoms with van der Waals surface area (Å²) in [7, 11) is -5.12. The van der Waals surface area contributed by atoms with Gasteiger partial charge >= 0.3 is 19.8 Å². The average molecular weight is 933 g/mol. The summed E-state index contributed by atoms with van der Waals surface area (Å²) in [5, 5.41) is 50.2. The molecule has 6 unspecified atom stereocenters. The Labute approximate surface area is 387 Å². The van der Waals surface area contributed by atoms with E-state index >= 15 is 0 Å². The number of carbonyl (C=O) groups is 2. The minimum Gasteiger partial charge on any atom is -0.462 e. The second kappa shape index (κ2) is 40.4. The molecule has 13 nitrogen and oxygen atoms in total. The normalized spacial score (nSPS) is 21.7. The van der Waals surface area contributed by atoms with Gasteiger partial charge in [-0.05, 0) is 44.9 Å². The first-order valence-electron chi connectivity index (χ1n) is 25.6. The quantitative estimate of drug-likeness (QED) is 0.0146. The van der Waals surface area contributed by atoms with Crippen molar-refractivity contribution in [3.63, 3.8) is 0 Å². The van der Waals surface area contributed by atoms with E-state index in [1.807, 2.05) is 6.08 Å². The molecular weight excluding hydrogens is 840 g/mol. The highest BCUT2D eigenvalue weighted by molar-refractivity contribution is 7.47. The van der Waals surface area contributed by atoms with Gasteiger partial charge < -0.3 is 39.9 Å². The second-order valence-electron chi connectivity index (χ2n) is 18.0. The topological polar surface area (TPSA) is 210 Å². The molecule has 1 saturated carbocycles. The third-order valence-electron chi connectivity index (χ3n) is 12.0. The Bertz CT molecular complexity index is 1220. The minimum absolute atomic E-state index is 0.0926. The first-order valence-corrected chi connectivity index (χ1v) is 27.1. The Balaban J connectivity index is 2.37. The third-order valence-corrected chi connectivity index (χ3v) is 13.0. The first kappa shape index (κ1) is 60.3. The molecular formula is C50H93O13P. The third kappa shape index (κ3) is 32.1. The summed E-state index contributed by atoms with van der Waals surface area (Å²) in [5.74, 6) is -1.14. The summed E-state index contributed by atoms with van der Waals surface area (Å²) in [6.45, 7) is 3.29. The highest BCUT2D eigenvalue weighted by atomic mass is 31.2. The molecule has 0 radical (unpaired) electrons. The smallest absolute Gasteiger partial charge is 0.462 e. The van der Waals surface area contributed by atoms with Crippen molar-refractivity contribution in [2.75, 3.05) is 13.2 Å². The standard InChI is InChI=1S/C50H93O13P/c1-3-5-7-9-11-13-15-17-18-19-20-21-22-23-24-25-26-27-29-30-32-34-36-38-43(51)60-40-42(62-44(52)39-37-35-33-31-28-16-14-12-10-8-6-4-2)41-61-64(58,59)63-50-48(56)46(54)45(53)47(55)49(50)57/h25-26,30,32,42,45-50,53-57H,3-24,27-29,31,33-41H2,1-2H3,(H,58,59)/b26-25+,32-30+/t42-,45?,46-,47?,48?,49?,50?/m0/s1. The van der Waals surface area contributed by atoms with Crippen LogP contribution in [0.1, 0.15) is 226 Å². The van der Waals surface area contributed by atoms with Crippen molar-refractivity contribution in [3.8, 4) is 0 Å². The summed E-state index contributed by atoms with van der Waals surface area (Å²) in [6.07, 6.45) is 32.5. The molecule has 0 aromatic carbocycles. The van der Waals surface area contributed by atoms with Crippen LogP contribution in [-0.4, -0.2) is 98.3 Å². The number of carbonyl (C=O) groups excluding carboxylic acids is 2. The zero-order valence-corrected chi connectivity index (χ0v) is 41.0. The summed E-state index contributed by atoms with van der Waals surface area (Å²) in [4.78, 5) is 35.7. The van der Waals surface area contributed by atoms with Crippen LogP contribution in [-0.2, 0) is 32.7 Å². The van der Waals surface area contributed by atoms with Crippen molar-refractivity contribution in [2.45, 2.75) is 268 Å². The lowest BCUT2D eigenvalue weighted by Crippen LogP contribution is -2.64. The van der Waals surface area contributed by atoms with Crippen LogP contribution < -0.4 is 0 Å². The lowest BCUT2D eigenvalue weighted by Gasteiger charge is -2.41. The number of phosphoric ester groups is 1. The van der Waals surface area contributed by atoms with Gasteiger partial charge in [-0.2, -0.15) is 0 Å². The highest BCUT2D eigenvalue weighted by Gasteiger charge is 2.51. The second-order valence-corrected chi connectivity index (χ2v) is 19.4. The predicted molar refractivity (Wildman–Crippen MR) is 254 cm³/mol. The molecule has 1 rings (SSSR count). The van der Waals surface area contributed by atoms with E-state index in [4.69, 9.17) is 18.5 Å². The van der Waals surface area contributed by atoms with Gasteiger partial charge in [-0.15, -0.1) is 0 Å². The number of rotatable bonds is 43. The van der Waals surface area contributed by atoms with Crippen molar-refractivity contribution in [1.29, 1.82) is 0 Å². The summed E-state index contributed by atoms with van der Waals surface area (Å²) in [6, 6.07) is 0. The number of ether oxygens (including phenoxy) is 2. The molecule has 0 bridgehead atoms. The van der Waals surface area contributed by atoms with E-state index in [9.17, 15) is 44.6 Å². The van der Waals surface area contributed by atoms with Gasteiger partial charge in [-0.3, -0.25) is 18.6 Å². The molecule has 0 aromatic heterocycles. The van der Waals surface area contributed by atoms with E-state index < -0.39 is 75.7 Å². The molecule has 14 heteroatoms. The van der Waals surface area contributed by atoms with Crippen molar-refractivity contribution in [2.24, 2.45) is 0 Å². The number of unbranched alkanes of at least 4 members (excludes halogenated alkanes) is 27. The molecule has 0 aromatic rings. The van der Waals surface area contributed by atoms with E-state index in [2.05, 4.69) is 32.1 Å². The largest absolute Gasteiger partial charge is 0.472 e. The number of hydrogen-bond donors (Lipinski definition) is 6. The van der Waals surface area contributed by atoms with Gasteiger partial charge in [0, 0.05) is 12.8 Å². The van der Waals surface area contributed by atoms with Crippen LogP contribution in [0.2, 0.25) is 0 Å². The summed E-state index contributed by atoms with van der Waals surface area (Å²) in [5.41, 5.74) is 0. The maximum atomic E-state index is 12.8. The SMILES string of the molecule is CCCCCCCCCCCCCCCC/C=C/CC/C=C/CCCC(=O)OC[C@@H](COP(=O)(O)OC1C(O)C(O)C(O)[C@H](O)C1O)OC(=O)CCCCCCCCCCCCCC. The van der Waals surface area contributed by atoms with E-state index in [0.717, 1.165) is 44.9 Å². The fourth-order valence-corrected chi connectivity index (χ4v) is 8.87. The number of phosphoric acid groups is 1. The molecule has 0 heterocycles. The van der Waals surface area contributed by atoms with Crippen LogP contribution in [0.5, 0.6) is 0 Å². The Morgan fingerprint density at radius 3 is 1.28 bits per heavy atom. The van der Waals surface area contributed by atoms with Crippen LogP contribution >= 0.6 is 7.82 Å². The van der Waals surface area contributed by atoms with Crippen molar-refractivity contribution in [1.82, 2.24) is 0 Å². The maximum Gasteiger partial charge on any atom is 0.472 e. The molecule has 0 amide bonds. The number of hydrogen-bond acceptors (Lipinski definition) is 12. The van der Waals surface area contributed by atoms with Crippen LogP contribution in [0.15, 0.2) is 24.3 Å². The number of aliphatic hydroxyl groups is 5. The monoisotopic (exact) mass is 933 g/mol. The van der Waals surface area contributed by atoms with Gasteiger partial charge in [0.25, 0.3) is 0 Å². The minimum atomic E-state index is -5.12. The van der Waals surface area contributed by atoms with Gasteiger partial charge in [-0.25, -0.2) is 4.57 Å². The van der Waals surface area contributed by atoms with E-state index in [1.54, 1.807) is 0 Å². The van der Waals surface area contributed by atoms with Gasteiger partial charge in [0.2, 0.25) is 0 Å². The Morgan fingerprint density at radius 2 is 0.828 bits per heavy atom. The zero-order valence-electron chi connectivity index (χ0n) is 40.1. The van der Waals surface area contributed by atoms with Gasteiger partial charge in [0.1, 0.15) is 43.2 Å². The van der Waals surface area contributed by atoms with Gasteiger partial charge in [-0.1, -0.05) is 192 Å². The first-order chi connectivity index (χ1) is 30.9. The molecule has 0 aliphatic heterocycles. The number of aliphatic hydroxyl groups excluding tert-OH is 5. The lowest BCUT2D eigenvalue weighted by molar-refractivity contribution is -0.220. The van der Waals surface area contributed by atoms with Crippen LogP contribution in [0.3, 0.4) is 0 Å². The molecule has 0 saturated heterocycles. The van der Waals surface area contributed by atoms with Crippen molar-refractivity contribution < 1.29 is 63.1 Å². The zero-order chi connectivity index (χ0) is 47.1. The van der Waals surface area contributed by atoms with E-state index in [0.29, 0.717) is 19.3 Å². The maximum absolute atomic E-state index is 12.8. The molecule has 0 spiro atoms. The Morgan fingerprint density at radius 1 is 0.469 bits per heavy atom. The molecule has 64 heavy (non-hydrogen) atoms. The number of esters is 2. The molecule has 1 aliphatic carbocycles. The number of allylic oxidation sites excluding steroid dienone is 4. The summed E-state index contributed by atoms with van der Waals surface area (Å²) < 4.78 is 33.5. The van der Waals surface area contributed by atoms with Gasteiger partial charge in [0.15, 0.2) is 6.10 Å². The average Bonchev–Trinajstić information content (AvgIpc) is 3.28. The molecule has 8 atom stereocenters. The molecule has 1 aliphatic rings. The van der Waals surface area contributed by atoms with Crippen LogP contribution in [0.25, 0.3) is 0 Å². The van der Waals surface area contributed by atoms with Crippen molar-refractivity contribution in [3.05, 3.63) is 24.3 Å². The predicted octanol–water partition coefficient (Wildman–Crippen LogP) is 10.8. The highest BCUT2D eigenvalue weighted by Crippen LogP contribution is 2.47. The van der Waals surface area contributed by atoms with Gasteiger partial charge in [0.05, 0.1) is 6.61 Å². The molecule has 376 valence electrons. The fraction of sp³-hybridized carbons (Fsp3) is 0.880.